The molecule has 0 aliphatic carbocycles. The fourth-order valence-corrected chi connectivity index (χ4v) is 8.40. The molecule has 4 nitrogen and oxygen atoms in total. The Kier molecular flexibility index (Phi) is 42.5. The van der Waals surface area contributed by atoms with Crippen molar-refractivity contribution < 1.29 is 16.8 Å². The quantitative estimate of drug-likeness (QED) is 0.0583. The Bertz CT molecular complexity index is 740. The average molecular weight is 743 g/mol. The van der Waals surface area contributed by atoms with E-state index in [1.165, 1.54) is 225 Å². The molecule has 1 unspecified atom stereocenters. The van der Waals surface area contributed by atoms with Crippen LogP contribution in [0.4, 0.5) is 0 Å². The highest BCUT2D eigenvalue weighted by Crippen LogP contribution is 2.21. The van der Waals surface area contributed by atoms with Crippen LogP contribution in [0.15, 0.2) is 0 Å². The maximum atomic E-state index is 12.8. The van der Waals surface area contributed by atoms with Crippen molar-refractivity contribution in [2.24, 2.45) is 0 Å². The first-order valence-electron chi connectivity index (χ1n) is 23.6. The summed E-state index contributed by atoms with van der Waals surface area (Å²) in [6.45, 7) is 7.09. The monoisotopic (exact) mass is 743 g/mol. The maximum absolute atomic E-state index is 12.8. The first-order valence-corrected chi connectivity index (χ1v) is 25.0. The molecule has 0 fully saturated rings. The van der Waals surface area contributed by atoms with Crippen LogP contribution in [0.1, 0.15) is 284 Å². The van der Waals surface area contributed by atoms with Crippen molar-refractivity contribution in [2.75, 3.05) is 6.61 Å². The van der Waals surface area contributed by atoms with Crippen molar-refractivity contribution in [2.45, 2.75) is 290 Å². The summed E-state index contributed by atoms with van der Waals surface area (Å²) in [5, 5.41) is 0. The molecule has 1 atom stereocenters. The van der Waals surface area contributed by atoms with Crippen molar-refractivity contribution in [3.05, 3.63) is 0 Å². The molecule has 5 heteroatoms. The summed E-state index contributed by atoms with van der Waals surface area (Å²) in [5.41, 5.74) is 0. The second kappa shape index (κ2) is 42.6. The van der Waals surface area contributed by atoms with E-state index in [2.05, 4.69) is 20.8 Å². The second-order valence-electron chi connectivity index (χ2n) is 16.3. The smallest absolute Gasteiger partial charge is 0.248 e. The Morgan fingerprint density at radius 3 is 0.784 bits per heavy atom. The molecule has 0 aromatic carbocycles. The van der Waals surface area contributed by atoms with Gasteiger partial charge in [-0.2, -0.15) is 8.42 Å². The predicted octanol–water partition coefficient (Wildman–Crippen LogP) is 16.7. The van der Waals surface area contributed by atoms with Crippen molar-refractivity contribution >= 4 is 10.4 Å². The van der Waals surface area contributed by atoms with Gasteiger partial charge in [-0.05, 0) is 19.3 Å². The SMILES string of the molecule is CCCCCCCCCCCCCCCCCC(CCCCCCCCCCCCCCCC)OS(=O)(=O)OCCCCCCCCCCCC. The summed E-state index contributed by atoms with van der Waals surface area (Å²) in [5.74, 6) is 0. The Morgan fingerprint density at radius 1 is 0.314 bits per heavy atom. The molecule has 0 aromatic heterocycles. The van der Waals surface area contributed by atoms with Gasteiger partial charge in [-0.3, -0.25) is 0 Å². The number of hydrogen-bond donors (Lipinski definition) is 0. The van der Waals surface area contributed by atoms with Gasteiger partial charge in [-0.15, -0.1) is 0 Å². The lowest BCUT2D eigenvalue weighted by atomic mass is 10.0. The molecule has 0 saturated carbocycles. The van der Waals surface area contributed by atoms with Crippen LogP contribution in [0.3, 0.4) is 0 Å². The fourth-order valence-electron chi connectivity index (χ4n) is 7.50. The van der Waals surface area contributed by atoms with Gasteiger partial charge in [0.2, 0.25) is 0 Å². The van der Waals surface area contributed by atoms with Gasteiger partial charge in [0.25, 0.3) is 0 Å². The van der Waals surface area contributed by atoms with Crippen LogP contribution in [0, 0.1) is 0 Å². The third kappa shape index (κ3) is 42.5. The van der Waals surface area contributed by atoms with Crippen LogP contribution in [-0.4, -0.2) is 21.1 Å². The number of hydrogen-bond acceptors (Lipinski definition) is 4. The topological polar surface area (TPSA) is 52.6 Å². The van der Waals surface area contributed by atoms with Crippen LogP contribution in [0.25, 0.3) is 0 Å². The lowest BCUT2D eigenvalue weighted by Gasteiger charge is -2.17. The largest absolute Gasteiger partial charge is 0.400 e. The van der Waals surface area contributed by atoms with Crippen molar-refractivity contribution in [1.82, 2.24) is 0 Å². The minimum Gasteiger partial charge on any atom is -0.248 e. The van der Waals surface area contributed by atoms with Gasteiger partial charge >= 0.3 is 10.4 Å². The molecule has 51 heavy (non-hydrogen) atoms. The molecule has 0 spiro atoms. The maximum Gasteiger partial charge on any atom is 0.400 e. The van der Waals surface area contributed by atoms with Crippen molar-refractivity contribution in [3.63, 3.8) is 0 Å². The summed E-state index contributed by atoms with van der Waals surface area (Å²) < 4.78 is 36.6. The highest BCUT2D eigenvalue weighted by Gasteiger charge is 2.20. The van der Waals surface area contributed by atoms with E-state index in [0.29, 0.717) is 0 Å². The summed E-state index contributed by atoms with van der Waals surface area (Å²) in [6.07, 6.45) is 52.5. The molecule has 0 aromatic rings. The Morgan fingerprint density at radius 2 is 0.529 bits per heavy atom. The molecule has 0 saturated heterocycles. The molecular weight excluding hydrogens is 649 g/mol. The standard InChI is InChI=1S/C46H94O4S/c1-4-7-10-13-16-19-22-24-26-28-30-32-35-38-41-44-46(43-40-37-34-31-29-27-25-23-20-17-14-11-8-5-2)50-51(47,48)49-45-42-39-36-33-21-18-15-12-9-6-3/h46H,4-45H2,1-3H3. The van der Waals surface area contributed by atoms with E-state index < -0.39 is 10.4 Å². The molecular formula is C46H94O4S. The summed E-state index contributed by atoms with van der Waals surface area (Å²) in [4.78, 5) is 0. The molecule has 0 rings (SSSR count). The normalized spacial score (nSPS) is 12.6. The highest BCUT2D eigenvalue weighted by molar-refractivity contribution is 7.81. The zero-order chi connectivity index (χ0) is 37.2. The van der Waals surface area contributed by atoms with E-state index in [0.717, 1.165) is 38.5 Å². The summed E-state index contributed by atoms with van der Waals surface area (Å²) in [6, 6.07) is 0. The van der Waals surface area contributed by atoms with E-state index >= 15 is 0 Å². The lowest BCUT2D eigenvalue weighted by molar-refractivity contribution is 0.136. The molecule has 0 heterocycles. The molecule has 0 bridgehead atoms. The first-order chi connectivity index (χ1) is 25.1. The number of unbranched alkanes of at least 4 members (excludes halogenated alkanes) is 36. The third-order valence-electron chi connectivity index (χ3n) is 11.0. The zero-order valence-corrected chi connectivity index (χ0v) is 36.1. The summed E-state index contributed by atoms with van der Waals surface area (Å²) in [7, 11) is -3.93. The van der Waals surface area contributed by atoms with Gasteiger partial charge in [0.15, 0.2) is 0 Å². The molecule has 0 aliphatic rings. The van der Waals surface area contributed by atoms with Crippen LogP contribution < -0.4 is 0 Å². The predicted molar refractivity (Wildman–Crippen MR) is 226 cm³/mol. The number of rotatable bonds is 45. The second-order valence-corrected chi connectivity index (χ2v) is 17.5. The van der Waals surface area contributed by atoms with Gasteiger partial charge in [0.1, 0.15) is 0 Å². The van der Waals surface area contributed by atoms with Gasteiger partial charge in [0.05, 0.1) is 12.7 Å². The third-order valence-corrected chi connectivity index (χ3v) is 12.0. The van der Waals surface area contributed by atoms with Crippen LogP contribution in [0.5, 0.6) is 0 Å². The van der Waals surface area contributed by atoms with E-state index in [1.807, 2.05) is 0 Å². The fraction of sp³-hybridized carbons (Fsp3) is 1.00. The van der Waals surface area contributed by atoms with E-state index in [1.54, 1.807) is 0 Å². The molecule has 308 valence electrons. The summed E-state index contributed by atoms with van der Waals surface area (Å²) >= 11 is 0. The molecule has 0 radical (unpaired) electrons. The Hall–Kier alpha value is -0.130. The minimum absolute atomic E-state index is 0.234. The van der Waals surface area contributed by atoms with Gasteiger partial charge in [-0.1, -0.05) is 265 Å². The van der Waals surface area contributed by atoms with E-state index in [4.69, 9.17) is 8.37 Å². The van der Waals surface area contributed by atoms with Crippen LogP contribution in [0.2, 0.25) is 0 Å². The molecule has 0 N–H and O–H groups in total. The highest BCUT2D eigenvalue weighted by atomic mass is 32.3. The lowest BCUT2D eigenvalue weighted by Crippen LogP contribution is -2.21. The van der Waals surface area contributed by atoms with Crippen molar-refractivity contribution in [3.8, 4) is 0 Å². The Labute approximate surface area is 322 Å². The minimum atomic E-state index is -3.93. The zero-order valence-electron chi connectivity index (χ0n) is 35.3. The van der Waals surface area contributed by atoms with Gasteiger partial charge in [-0.25, -0.2) is 8.37 Å². The molecule has 0 amide bonds. The van der Waals surface area contributed by atoms with E-state index in [-0.39, 0.29) is 12.7 Å². The first kappa shape index (κ1) is 50.9. The van der Waals surface area contributed by atoms with E-state index in [9.17, 15) is 8.42 Å². The van der Waals surface area contributed by atoms with Gasteiger partial charge in [0, 0.05) is 0 Å². The average Bonchev–Trinajstić information content (AvgIpc) is 3.12. The Balaban J connectivity index is 4.20. The van der Waals surface area contributed by atoms with Gasteiger partial charge < -0.3 is 0 Å². The van der Waals surface area contributed by atoms with Crippen LogP contribution >= 0.6 is 0 Å². The van der Waals surface area contributed by atoms with Crippen LogP contribution in [-0.2, 0) is 18.8 Å². The van der Waals surface area contributed by atoms with Crippen molar-refractivity contribution in [1.29, 1.82) is 0 Å². The molecule has 0 aliphatic heterocycles.